The van der Waals surface area contributed by atoms with Crippen LogP contribution >= 0.6 is 0 Å². The summed E-state index contributed by atoms with van der Waals surface area (Å²) in [6.45, 7) is 4.64. The molecule has 1 aromatic heterocycles. The molecule has 0 amide bonds. The predicted octanol–water partition coefficient (Wildman–Crippen LogP) is 5.80. The fourth-order valence-electron chi connectivity index (χ4n) is 3.74. The monoisotopic (exact) mass is 436 g/mol. The summed E-state index contributed by atoms with van der Waals surface area (Å²) >= 11 is 0. The number of ketones is 1. The maximum Gasteiger partial charge on any atom is 0.143 e. The third-order valence-electron chi connectivity index (χ3n) is 5.49. The number of carbonyl (C=O) groups is 1. The summed E-state index contributed by atoms with van der Waals surface area (Å²) in [6, 6.07) is 26.1. The van der Waals surface area contributed by atoms with Crippen LogP contribution in [0.3, 0.4) is 0 Å². The molecule has 1 heterocycles. The van der Waals surface area contributed by atoms with E-state index in [0.717, 1.165) is 39.5 Å². The van der Waals surface area contributed by atoms with E-state index in [-0.39, 0.29) is 12.2 Å². The third-order valence-corrected chi connectivity index (χ3v) is 5.49. The van der Waals surface area contributed by atoms with Gasteiger partial charge in [0.2, 0.25) is 0 Å². The summed E-state index contributed by atoms with van der Waals surface area (Å²) in [5, 5.41) is 0. The number of rotatable bonds is 9. The highest BCUT2D eigenvalue weighted by atomic mass is 16.5. The fraction of sp³-hybridized carbons (Fsp3) is 0.207. The molecule has 4 nitrogen and oxygen atoms in total. The van der Waals surface area contributed by atoms with Gasteiger partial charge in [0.05, 0.1) is 36.3 Å². The maximum absolute atomic E-state index is 12.9. The minimum Gasteiger partial charge on any atom is -0.494 e. The lowest BCUT2D eigenvalue weighted by atomic mass is 10.0. The van der Waals surface area contributed by atoms with Crippen LogP contribution in [0, 0.1) is 6.92 Å². The number of ether oxygens (including phenoxy) is 1. The standard InChI is InChI=1S/C29H28N2O2/c1-3-33-26-15-11-23(12-16-26)17-25(32)19-27-28(18-22-7-5-4-6-8-22)31-29(20-30-27)24-13-9-21(2)10-14-24/h4-16,20H,3,17-19H2,1-2H3. The topological polar surface area (TPSA) is 52.1 Å². The molecule has 0 aliphatic carbocycles. The first-order valence-electron chi connectivity index (χ1n) is 11.3. The van der Waals surface area contributed by atoms with Crippen LogP contribution in [0.4, 0.5) is 0 Å². The lowest BCUT2D eigenvalue weighted by Gasteiger charge is -2.11. The van der Waals surface area contributed by atoms with E-state index in [4.69, 9.17) is 14.7 Å². The van der Waals surface area contributed by atoms with Crippen LogP contribution in [-0.2, 0) is 24.1 Å². The zero-order valence-corrected chi connectivity index (χ0v) is 19.1. The highest BCUT2D eigenvalue weighted by Gasteiger charge is 2.14. The molecular formula is C29H28N2O2. The molecule has 3 aromatic carbocycles. The third kappa shape index (κ3) is 6.13. The fourth-order valence-corrected chi connectivity index (χ4v) is 3.74. The largest absolute Gasteiger partial charge is 0.494 e. The Kier molecular flexibility index (Phi) is 7.26. The number of carbonyl (C=O) groups excluding carboxylic acids is 1. The molecule has 0 saturated carbocycles. The summed E-state index contributed by atoms with van der Waals surface area (Å²) in [5.41, 5.74) is 6.75. The average Bonchev–Trinajstić information content (AvgIpc) is 2.83. The molecule has 0 saturated heterocycles. The van der Waals surface area contributed by atoms with E-state index in [2.05, 4.69) is 43.3 Å². The second-order valence-corrected chi connectivity index (χ2v) is 8.15. The number of nitrogens with zero attached hydrogens (tertiary/aromatic N) is 2. The number of benzene rings is 3. The second-order valence-electron chi connectivity index (χ2n) is 8.15. The van der Waals surface area contributed by atoms with Crippen molar-refractivity contribution in [3.8, 4) is 17.0 Å². The minimum absolute atomic E-state index is 0.117. The van der Waals surface area contributed by atoms with Crippen molar-refractivity contribution in [2.75, 3.05) is 6.61 Å². The van der Waals surface area contributed by atoms with Crippen molar-refractivity contribution in [2.45, 2.75) is 33.1 Å². The van der Waals surface area contributed by atoms with Crippen molar-refractivity contribution >= 4 is 5.78 Å². The molecule has 0 N–H and O–H groups in total. The van der Waals surface area contributed by atoms with Crippen LogP contribution in [0.1, 0.15) is 35.0 Å². The van der Waals surface area contributed by atoms with Crippen LogP contribution in [0.25, 0.3) is 11.3 Å². The number of Topliss-reactive ketones (excluding diaryl/α,β-unsaturated/α-hetero) is 1. The quantitative estimate of drug-likeness (QED) is 0.333. The van der Waals surface area contributed by atoms with E-state index >= 15 is 0 Å². The van der Waals surface area contributed by atoms with E-state index in [0.29, 0.717) is 19.4 Å². The van der Waals surface area contributed by atoms with Crippen LogP contribution in [-0.4, -0.2) is 22.4 Å². The Labute approximate surface area is 195 Å². The van der Waals surface area contributed by atoms with Crippen molar-refractivity contribution in [1.29, 1.82) is 0 Å². The van der Waals surface area contributed by atoms with E-state index in [1.165, 1.54) is 5.56 Å². The minimum atomic E-state index is 0.117. The Bertz CT molecular complexity index is 1200. The molecule has 0 aliphatic rings. The van der Waals surface area contributed by atoms with E-state index in [9.17, 15) is 4.79 Å². The van der Waals surface area contributed by atoms with Gasteiger partial charge in [0.15, 0.2) is 0 Å². The average molecular weight is 437 g/mol. The molecule has 0 aliphatic heterocycles. The van der Waals surface area contributed by atoms with Gasteiger partial charge in [0.25, 0.3) is 0 Å². The first-order valence-corrected chi connectivity index (χ1v) is 11.3. The molecule has 0 spiro atoms. The van der Waals surface area contributed by atoms with E-state index < -0.39 is 0 Å². The molecule has 0 unspecified atom stereocenters. The number of aryl methyl sites for hydroxylation is 1. The summed E-state index contributed by atoms with van der Waals surface area (Å²) in [6.07, 6.45) is 3.03. The Morgan fingerprint density at radius 3 is 2.24 bits per heavy atom. The highest BCUT2D eigenvalue weighted by molar-refractivity contribution is 5.83. The van der Waals surface area contributed by atoms with E-state index in [1.54, 1.807) is 6.20 Å². The predicted molar refractivity (Wildman–Crippen MR) is 131 cm³/mol. The number of hydrogen-bond donors (Lipinski definition) is 0. The van der Waals surface area contributed by atoms with Gasteiger partial charge >= 0.3 is 0 Å². The summed E-state index contributed by atoms with van der Waals surface area (Å²) in [4.78, 5) is 22.5. The molecule has 166 valence electrons. The van der Waals surface area contributed by atoms with Gasteiger partial charge in [-0.15, -0.1) is 0 Å². The highest BCUT2D eigenvalue weighted by Crippen LogP contribution is 2.21. The molecule has 33 heavy (non-hydrogen) atoms. The van der Waals surface area contributed by atoms with Gasteiger partial charge in [-0.3, -0.25) is 9.78 Å². The molecule has 0 bridgehead atoms. The summed E-state index contributed by atoms with van der Waals surface area (Å²) < 4.78 is 5.48. The van der Waals surface area contributed by atoms with Gasteiger partial charge in [0.1, 0.15) is 11.5 Å². The van der Waals surface area contributed by atoms with E-state index in [1.807, 2.05) is 49.4 Å². The molecule has 0 fully saturated rings. The first-order chi connectivity index (χ1) is 16.1. The van der Waals surface area contributed by atoms with Crippen LogP contribution in [0.2, 0.25) is 0 Å². The SMILES string of the molecule is CCOc1ccc(CC(=O)Cc2ncc(-c3ccc(C)cc3)nc2Cc2ccccc2)cc1. The van der Waals surface area contributed by atoms with Crippen molar-refractivity contribution in [3.63, 3.8) is 0 Å². The molecule has 4 heteroatoms. The molecule has 0 radical (unpaired) electrons. The van der Waals surface area contributed by atoms with Crippen molar-refractivity contribution < 1.29 is 9.53 Å². The van der Waals surface area contributed by atoms with Gasteiger partial charge < -0.3 is 4.74 Å². The molecule has 0 atom stereocenters. The zero-order valence-electron chi connectivity index (χ0n) is 19.1. The smallest absolute Gasteiger partial charge is 0.143 e. The Morgan fingerprint density at radius 1 is 0.818 bits per heavy atom. The summed E-state index contributed by atoms with van der Waals surface area (Å²) in [5.74, 6) is 0.933. The second kappa shape index (κ2) is 10.7. The Balaban J connectivity index is 1.56. The molecule has 4 aromatic rings. The van der Waals surface area contributed by atoms with Gasteiger partial charge in [-0.05, 0) is 37.1 Å². The Hall–Kier alpha value is -3.79. The Morgan fingerprint density at radius 2 is 1.55 bits per heavy atom. The normalized spacial score (nSPS) is 10.7. The first kappa shape index (κ1) is 22.4. The van der Waals surface area contributed by atoms with Crippen LogP contribution in [0.15, 0.2) is 85.1 Å². The van der Waals surface area contributed by atoms with Crippen molar-refractivity contribution in [2.24, 2.45) is 0 Å². The molecular weight excluding hydrogens is 408 g/mol. The zero-order chi connectivity index (χ0) is 23.0. The number of aromatic nitrogens is 2. The van der Waals surface area contributed by atoms with Crippen molar-refractivity contribution in [3.05, 3.63) is 113 Å². The van der Waals surface area contributed by atoms with Gasteiger partial charge in [-0.1, -0.05) is 72.3 Å². The lowest BCUT2D eigenvalue weighted by Crippen LogP contribution is -2.12. The van der Waals surface area contributed by atoms with Gasteiger partial charge in [0, 0.05) is 18.4 Å². The molecule has 4 rings (SSSR count). The van der Waals surface area contributed by atoms with Gasteiger partial charge in [-0.25, -0.2) is 4.98 Å². The lowest BCUT2D eigenvalue weighted by molar-refractivity contribution is -0.117. The van der Waals surface area contributed by atoms with Crippen LogP contribution < -0.4 is 4.74 Å². The van der Waals surface area contributed by atoms with Crippen molar-refractivity contribution in [1.82, 2.24) is 9.97 Å². The summed E-state index contributed by atoms with van der Waals surface area (Å²) in [7, 11) is 0. The van der Waals surface area contributed by atoms with Gasteiger partial charge in [-0.2, -0.15) is 0 Å². The maximum atomic E-state index is 12.9. The number of hydrogen-bond acceptors (Lipinski definition) is 4. The van der Waals surface area contributed by atoms with Crippen LogP contribution in [0.5, 0.6) is 5.75 Å².